The van der Waals surface area contributed by atoms with Gasteiger partial charge in [0.25, 0.3) is 0 Å². The summed E-state index contributed by atoms with van der Waals surface area (Å²) in [5.41, 5.74) is 2.00. The van der Waals surface area contributed by atoms with Crippen LogP contribution in [0.4, 0.5) is 0 Å². The first kappa shape index (κ1) is 13.1. The Morgan fingerprint density at radius 1 is 1.39 bits per heavy atom. The second-order valence-corrected chi connectivity index (χ2v) is 4.78. The molecule has 0 spiro atoms. The first-order valence-corrected chi connectivity index (χ1v) is 6.41. The van der Waals surface area contributed by atoms with E-state index in [4.69, 9.17) is 21.7 Å². The quantitative estimate of drug-likeness (QED) is 0.845. The zero-order valence-corrected chi connectivity index (χ0v) is 11.7. The molecule has 0 aliphatic heterocycles. The lowest BCUT2D eigenvalue weighted by atomic mass is 10.3. The molecule has 1 N–H and O–H groups in total. The molecule has 5 heteroatoms. The number of aromatic amines is 1. The van der Waals surface area contributed by atoms with Crippen molar-refractivity contribution >= 4 is 23.3 Å². The van der Waals surface area contributed by atoms with E-state index in [1.807, 2.05) is 36.6 Å². The van der Waals surface area contributed by atoms with Crippen LogP contribution in [0.3, 0.4) is 0 Å². The highest BCUT2D eigenvalue weighted by Gasteiger charge is 2.09. The Balaban J connectivity index is 2.49. The summed E-state index contributed by atoms with van der Waals surface area (Å²) in [6, 6.07) is 5.96. The van der Waals surface area contributed by atoms with Gasteiger partial charge in [0.2, 0.25) is 0 Å². The van der Waals surface area contributed by atoms with Gasteiger partial charge in [0, 0.05) is 13.7 Å². The second-order valence-electron chi connectivity index (χ2n) is 4.39. The number of methoxy groups -OCH3 is 1. The first-order valence-electron chi connectivity index (χ1n) is 6.00. The van der Waals surface area contributed by atoms with Crippen LogP contribution in [0, 0.1) is 4.77 Å². The third-order valence-electron chi connectivity index (χ3n) is 2.65. The van der Waals surface area contributed by atoms with Crippen molar-refractivity contribution in [3.8, 4) is 5.75 Å². The largest absolute Gasteiger partial charge is 0.489 e. The molecule has 18 heavy (non-hydrogen) atoms. The molecule has 1 aromatic carbocycles. The van der Waals surface area contributed by atoms with E-state index in [0.717, 1.165) is 23.3 Å². The van der Waals surface area contributed by atoms with Crippen LogP contribution >= 0.6 is 12.2 Å². The number of ether oxygens (including phenoxy) is 2. The molecule has 0 aliphatic carbocycles. The maximum atomic E-state index is 5.78. The van der Waals surface area contributed by atoms with Gasteiger partial charge in [-0.15, -0.1) is 0 Å². The van der Waals surface area contributed by atoms with Gasteiger partial charge >= 0.3 is 0 Å². The zero-order chi connectivity index (χ0) is 13.1. The molecular formula is C13H18N2O2S. The molecule has 0 saturated heterocycles. The van der Waals surface area contributed by atoms with Gasteiger partial charge in [0.1, 0.15) is 11.3 Å². The number of benzene rings is 1. The molecule has 0 fully saturated rings. The van der Waals surface area contributed by atoms with Crippen LogP contribution in [0.25, 0.3) is 11.0 Å². The van der Waals surface area contributed by atoms with Crippen molar-refractivity contribution in [1.82, 2.24) is 9.55 Å². The number of hydrogen-bond acceptors (Lipinski definition) is 3. The van der Waals surface area contributed by atoms with Crippen LogP contribution in [-0.4, -0.2) is 29.4 Å². The molecule has 4 nitrogen and oxygen atoms in total. The molecule has 0 radical (unpaired) electrons. The minimum atomic E-state index is 0.139. The highest BCUT2D eigenvalue weighted by molar-refractivity contribution is 7.71. The third kappa shape index (κ3) is 2.57. The number of para-hydroxylation sites is 1. The van der Waals surface area contributed by atoms with Crippen molar-refractivity contribution in [2.24, 2.45) is 0 Å². The lowest BCUT2D eigenvalue weighted by molar-refractivity contribution is 0.188. The van der Waals surface area contributed by atoms with Crippen LogP contribution in [0.5, 0.6) is 5.75 Å². The molecule has 1 heterocycles. The number of rotatable bonds is 5. The summed E-state index contributed by atoms with van der Waals surface area (Å²) < 4.78 is 13.6. The summed E-state index contributed by atoms with van der Waals surface area (Å²) in [6.07, 6.45) is 0.139. The maximum Gasteiger partial charge on any atom is 0.178 e. The Hall–Kier alpha value is -1.33. The lowest BCUT2D eigenvalue weighted by Crippen LogP contribution is -2.06. The zero-order valence-electron chi connectivity index (χ0n) is 10.9. The number of nitrogens with zero attached hydrogens (tertiary/aromatic N) is 1. The predicted molar refractivity (Wildman–Crippen MR) is 74.8 cm³/mol. The number of imidazole rings is 1. The summed E-state index contributed by atoms with van der Waals surface area (Å²) in [5.74, 6) is 0.838. The molecule has 98 valence electrons. The number of H-pyrrole nitrogens is 1. The molecule has 2 aromatic rings. The molecule has 0 atom stereocenters. The van der Waals surface area contributed by atoms with Gasteiger partial charge in [-0.2, -0.15) is 0 Å². The van der Waals surface area contributed by atoms with E-state index in [9.17, 15) is 0 Å². The van der Waals surface area contributed by atoms with E-state index < -0.39 is 0 Å². The Kier molecular flexibility index (Phi) is 4.04. The topological polar surface area (TPSA) is 39.2 Å². The summed E-state index contributed by atoms with van der Waals surface area (Å²) in [5, 5.41) is 0. The van der Waals surface area contributed by atoms with E-state index in [2.05, 4.69) is 4.98 Å². The molecule has 0 unspecified atom stereocenters. The summed E-state index contributed by atoms with van der Waals surface area (Å²) in [7, 11) is 1.69. The van der Waals surface area contributed by atoms with Crippen LogP contribution in [0.15, 0.2) is 18.2 Å². The monoisotopic (exact) mass is 266 g/mol. The molecule has 0 saturated carbocycles. The normalized spacial score (nSPS) is 11.3. The number of hydrogen-bond donors (Lipinski definition) is 1. The van der Waals surface area contributed by atoms with Crippen molar-refractivity contribution < 1.29 is 9.47 Å². The number of nitrogens with one attached hydrogen (secondary N) is 1. The van der Waals surface area contributed by atoms with Crippen molar-refractivity contribution in [2.75, 3.05) is 13.7 Å². The lowest BCUT2D eigenvalue weighted by Gasteiger charge is -2.10. The minimum absolute atomic E-state index is 0.139. The fraction of sp³-hybridized carbons (Fsp3) is 0.462. The van der Waals surface area contributed by atoms with E-state index in [1.54, 1.807) is 7.11 Å². The van der Waals surface area contributed by atoms with Gasteiger partial charge in [-0.05, 0) is 38.2 Å². The van der Waals surface area contributed by atoms with Crippen LogP contribution in [0.2, 0.25) is 0 Å². The molecule has 0 amide bonds. The van der Waals surface area contributed by atoms with E-state index >= 15 is 0 Å². The molecular weight excluding hydrogens is 248 g/mol. The third-order valence-corrected chi connectivity index (χ3v) is 2.98. The SMILES string of the molecule is COCCn1c(=S)[nH]c2c(OC(C)C)cccc21. The fourth-order valence-electron chi connectivity index (χ4n) is 1.91. The maximum absolute atomic E-state index is 5.78. The number of fused-ring (bicyclic) bond motifs is 1. The van der Waals surface area contributed by atoms with Crippen molar-refractivity contribution in [3.05, 3.63) is 23.0 Å². The van der Waals surface area contributed by atoms with E-state index in [1.165, 1.54) is 0 Å². The summed E-state index contributed by atoms with van der Waals surface area (Å²) in [6.45, 7) is 5.39. The Bertz CT molecular complexity index is 586. The Labute approximate surface area is 112 Å². The minimum Gasteiger partial charge on any atom is -0.489 e. The average Bonchev–Trinajstić information content (AvgIpc) is 2.63. The second kappa shape index (κ2) is 5.54. The smallest absolute Gasteiger partial charge is 0.178 e. The Morgan fingerprint density at radius 2 is 2.17 bits per heavy atom. The van der Waals surface area contributed by atoms with Crippen molar-refractivity contribution in [1.29, 1.82) is 0 Å². The van der Waals surface area contributed by atoms with Crippen LogP contribution in [0.1, 0.15) is 13.8 Å². The highest BCUT2D eigenvalue weighted by atomic mass is 32.1. The number of aromatic nitrogens is 2. The molecule has 2 rings (SSSR count). The molecule has 0 aliphatic rings. The highest BCUT2D eigenvalue weighted by Crippen LogP contribution is 2.25. The van der Waals surface area contributed by atoms with Gasteiger partial charge < -0.3 is 19.0 Å². The Morgan fingerprint density at radius 3 is 2.83 bits per heavy atom. The fourth-order valence-corrected chi connectivity index (χ4v) is 2.20. The van der Waals surface area contributed by atoms with Gasteiger partial charge in [0.05, 0.1) is 18.2 Å². The average molecular weight is 266 g/mol. The van der Waals surface area contributed by atoms with E-state index in [-0.39, 0.29) is 6.10 Å². The first-order chi connectivity index (χ1) is 8.63. The van der Waals surface area contributed by atoms with Gasteiger partial charge in [0.15, 0.2) is 4.77 Å². The molecule has 0 bridgehead atoms. The molecule has 1 aromatic heterocycles. The van der Waals surface area contributed by atoms with Crippen molar-refractivity contribution in [3.63, 3.8) is 0 Å². The van der Waals surface area contributed by atoms with Crippen molar-refractivity contribution in [2.45, 2.75) is 26.5 Å². The van der Waals surface area contributed by atoms with Gasteiger partial charge in [-0.25, -0.2) is 0 Å². The predicted octanol–water partition coefficient (Wildman–Crippen LogP) is 3.13. The summed E-state index contributed by atoms with van der Waals surface area (Å²) >= 11 is 5.34. The van der Waals surface area contributed by atoms with Gasteiger partial charge in [-0.3, -0.25) is 0 Å². The van der Waals surface area contributed by atoms with E-state index in [0.29, 0.717) is 11.4 Å². The van der Waals surface area contributed by atoms with Crippen LogP contribution in [-0.2, 0) is 11.3 Å². The van der Waals surface area contributed by atoms with Gasteiger partial charge in [-0.1, -0.05) is 6.07 Å². The standard InChI is InChI=1S/C13H18N2O2S/c1-9(2)17-11-6-4-5-10-12(11)14-13(18)15(10)7-8-16-3/h4-6,9H,7-8H2,1-3H3,(H,14,18). The summed E-state index contributed by atoms with van der Waals surface area (Å²) in [4.78, 5) is 3.21. The van der Waals surface area contributed by atoms with Crippen LogP contribution < -0.4 is 4.74 Å².